The third kappa shape index (κ3) is 5.18. The van der Waals surface area contributed by atoms with E-state index in [1.807, 2.05) is 36.4 Å². The number of nitrogens with zero attached hydrogens (tertiary/aromatic N) is 1. The Balaban J connectivity index is 1.63. The standard InChI is InChI=1S/C20H19N3O4S/c21-8-9-22-20(25)16(12-28-11-14-4-2-1-3-5-14)23-19(24)15-6-7-17-18(10-15)27-13-26-17/h1-7,10,16H,9,11-13H2,(H,22,25)(H,23,24). The number of carbonyl (C=O) groups is 2. The molecule has 8 heteroatoms. The summed E-state index contributed by atoms with van der Waals surface area (Å²) in [6.07, 6.45) is 0. The molecule has 2 aromatic carbocycles. The lowest BCUT2D eigenvalue weighted by Gasteiger charge is -2.17. The number of carbonyl (C=O) groups excluding carboxylic acids is 2. The molecule has 0 radical (unpaired) electrons. The summed E-state index contributed by atoms with van der Waals surface area (Å²) in [6.45, 7) is 0.00824. The van der Waals surface area contributed by atoms with Gasteiger partial charge in [0.2, 0.25) is 12.7 Å². The molecule has 1 aliphatic rings. The van der Waals surface area contributed by atoms with Gasteiger partial charge in [-0.05, 0) is 23.8 Å². The summed E-state index contributed by atoms with van der Waals surface area (Å²) in [6, 6.07) is 15.8. The summed E-state index contributed by atoms with van der Waals surface area (Å²) in [5, 5.41) is 13.9. The quantitative estimate of drug-likeness (QED) is 0.662. The van der Waals surface area contributed by atoms with Gasteiger partial charge >= 0.3 is 0 Å². The molecule has 0 saturated heterocycles. The zero-order chi connectivity index (χ0) is 19.8. The van der Waals surface area contributed by atoms with Gasteiger partial charge in [-0.3, -0.25) is 9.59 Å². The number of ether oxygens (including phenoxy) is 2. The predicted octanol–water partition coefficient (Wildman–Crippen LogP) is 2.09. The lowest BCUT2D eigenvalue weighted by molar-refractivity contribution is -0.122. The Morgan fingerprint density at radius 1 is 1.14 bits per heavy atom. The fourth-order valence-electron chi connectivity index (χ4n) is 2.58. The normalized spacial score (nSPS) is 12.7. The first-order valence-corrected chi connectivity index (χ1v) is 9.79. The van der Waals surface area contributed by atoms with E-state index in [4.69, 9.17) is 14.7 Å². The van der Waals surface area contributed by atoms with Gasteiger partial charge in [0.25, 0.3) is 5.91 Å². The van der Waals surface area contributed by atoms with Crippen LogP contribution >= 0.6 is 11.8 Å². The summed E-state index contributed by atoms with van der Waals surface area (Å²) in [4.78, 5) is 25.0. The van der Waals surface area contributed by atoms with E-state index >= 15 is 0 Å². The van der Waals surface area contributed by atoms with Crippen molar-refractivity contribution in [1.29, 1.82) is 5.26 Å². The second-order valence-electron chi connectivity index (χ2n) is 5.97. The number of nitrogens with one attached hydrogen (secondary N) is 2. The van der Waals surface area contributed by atoms with Crippen LogP contribution in [0.15, 0.2) is 48.5 Å². The van der Waals surface area contributed by atoms with Crippen molar-refractivity contribution in [1.82, 2.24) is 10.6 Å². The number of benzene rings is 2. The first-order valence-electron chi connectivity index (χ1n) is 8.64. The van der Waals surface area contributed by atoms with Gasteiger partial charge in [0, 0.05) is 17.1 Å². The van der Waals surface area contributed by atoms with Crippen molar-refractivity contribution in [3.63, 3.8) is 0 Å². The Bertz CT molecular complexity index is 883. The van der Waals surface area contributed by atoms with Crippen LogP contribution in [0.25, 0.3) is 0 Å². The minimum Gasteiger partial charge on any atom is -0.454 e. The molecular formula is C20H19N3O4S. The van der Waals surface area contributed by atoms with Gasteiger partial charge in [-0.1, -0.05) is 30.3 Å². The van der Waals surface area contributed by atoms with Crippen molar-refractivity contribution >= 4 is 23.6 Å². The van der Waals surface area contributed by atoms with Crippen LogP contribution in [-0.2, 0) is 10.5 Å². The fraction of sp³-hybridized carbons (Fsp3) is 0.250. The number of thioether (sulfide) groups is 1. The zero-order valence-corrected chi connectivity index (χ0v) is 15.8. The van der Waals surface area contributed by atoms with Crippen molar-refractivity contribution in [3.8, 4) is 17.6 Å². The van der Waals surface area contributed by atoms with Crippen LogP contribution in [0.5, 0.6) is 11.5 Å². The highest BCUT2D eigenvalue weighted by Crippen LogP contribution is 2.32. The molecule has 0 fully saturated rings. The van der Waals surface area contributed by atoms with E-state index in [0.717, 1.165) is 5.56 Å². The Labute approximate surface area is 167 Å². The van der Waals surface area contributed by atoms with Gasteiger partial charge in [-0.25, -0.2) is 0 Å². The SMILES string of the molecule is N#CCNC(=O)C(CSCc1ccccc1)NC(=O)c1ccc2c(c1)OCO2. The average molecular weight is 397 g/mol. The highest BCUT2D eigenvalue weighted by Gasteiger charge is 2.23. The minimum atomic E-state index is -0.764. The highest BCUT2D eigenvalue weighted by atomic mass is 32.2. The fourth-order valence-corrected chi connectivity index (χ4v) is 3.60. The van der Waals surface area contributed by atoms with Crippen molar-refractivity contribution < 1.29 is 19.1 Å². The van der Waals surface area contributed by atoms with Crippen LogP contribution in [0.1, 0.15) is 15.9 Å². The molecule has 144 valence electrons. The molecule has 0 saturated carbocycles. The van der Waals surface area contributed by atoms with Gasteiger partial charge in [-0.15, -0.1) is 0 Å². The predicted molar refractivity (Wildman–Crippen MR) is 105 cm³/mol. The lowest BCUT2D eigenvalue weighted by Crippen LogP contribution is -2.48. The number of nitriles is 1. The van der Waals surface area contributed by atoms with Gasteiger partial charge in [0.05, 0.1) is 6.07 Å². The number of amides is 2. The third-order valence-electron chi connectivity index (χ3n) is 3.99. The molecule has 1 unspecified atom stereocenters. The van der Waals surface area contributed by atoms with Gasteiger partial charge in [-0.2, -0.15) is 17.0 Å². The van der Waals surface area contributed by atoms with Crippen LogP contribution in [0.2, 0.25) is 0 Å². The number of hydrogen-bond donors (Lipinski definition) is 2. The first kappa shape index (κ1) is 19.6. The summed E-state index contributed by atoms with van der Waals surface area (Å²) in [5.74, 6) is 1.38. The molecule has 3 rings (SSSR count). The van der Waals surface area contributed by atoms with E-state index in [-0.39, 0.29) is 13.3 Å². The molecule has 1 aliphatic heterocycles. The van der Waals surface area contributed by atoms with Gasteiger partial charge < -0.3 is 20.1 Å². The lowest BCUT2D eigenvalue weighted by atomic mass is 10.1. The van der Waals surface area contributed by atoms with E-state index in [9.17, 15) is 9.59 Å². The number of hydrogen-bond acceptors (Lipinski definition) is 6. The second kappa shape index (κ2) is 9.67. The Kier molecular flexibility index (Phi) is 6.76. The summed E-state index contributed by atoms with van der Waals surface area (Å²) < 4.78 is 10.5. The zero-order valence-electron chi connectivity index (χ0n) is 15.0. The van der Waals surface area contributed by atoms with E-state index in [1.54, 1.807) is 18.2 Å². The van der Waals surface area contributed by atoms with Crippen molar-refractivity contribution in [2.24, 2.45) is 0 Å². The molecule has 2 amide bonds. The second-order valence-corrected chi connectivity index (χ2v) is 7.00. The highest BCUT2D eigenvalue weighted by molar-refractivity contribution is 7.98. The Morgan fingerprint density at radius 3 is 2.71 bits per heavy atom. The molecule has 2 aromatic rings. The van der Waals surface area contributed by atoms with E-state index < -0.39 is 17.9 Å². The Hall–Kier alpha value is -3.18. The molecule has 7 nitrogen and oxygen atoms in total. The maximum absolute atomic E-state index is 12.6. The smallest absolute Gasteiger partial charge is 0.252 e. The molecule has 2 N–H and O–H groups in total. The molecule has 0 aromatic heterocycles. The number of rotatable bonds is 8. The van der Waals surface area contributed by atoms with E-state index in [1.165, 1.54) is 11.8 Å². The summed E-state index contributed by atoms with van der Waals surface area (Å²) in [7, 11) is 0. The average Bonchev–Trinajstić information content (AvgIpc) is 3.19. The maximum atomic E-state index is 12.6. The van der Waals surface area contributed by atoms with E-state index in [2.05, 4.69) is 10.6 Å². The molecule has 1 heterocycles. The topological polar surface area (TPSA) is 100 Å². The largest absolute Gasteiger partial charge is 0.454 e. The van der Waals surface area contributed by atoms with Crippen LogP contribution < -0.4 is 20.1 Å². The van der Waals surface area contributed by atoms with Gasteiger partial charge in [0.15, 0.2) is 11.5 Å². The molecule has 28 heavy (non-hydrogen) atoms. The first-order chi connectivity index (χ1) is 13.7. The van der Waals surface area contributed by atoms with E-state index in [0.29, 0.717) is 28.6 Å². The summed E-state index contributed by atoms with van der Waals surface area (Å²) >= 11 is 1.53. The van der Waals surface area contributed by atoms with Crippen LogP contribution in [0.3, 0.4) is 0 Å². The molecular weight excluding hydrogens is 378 g/mol. The Morgan fingerprint density at radius 2 is 1.93 bits per heavy atom. The van der Waals surface area contributed by atoms with Crippen molar-refractivity contribution in [2.75, 3.05) is 19.1 Å². The minimum absolute atomic E-state index is 0.113. The van der Waals surface area contributed by atoms with Crippen LogP contribution in [-0.4, -0.2) is 36.9 Å². The van der Waals surface area contributed by atoms with Gasteiger partial charge in [0.1, 0.15) is 12.6 Å². The molecule has 1 atom stereocenters. The van der Waals surface area contributed by atoms with Crippen LogP contribution in [0.4, 0.5) is 0 Å². The van der Waals surface area contributed by atoms with Crippen molar-refractivity contribution in [2.45, 2.75) is 11.8 Å². The van der Waals surface area contributed by atoms with Crippen molar-refractivity contribution in [3.05, 3.63) is 59.7 Å². The molecule has 0 spiro atoms. The summed E-state index contributed by atoms with van der Waals surface area (Å²) in [5.41, 5.74) is 1.50. The molecule has 0 bridgehead atoms. The molecule has 0 aliphatic carbocycles. The van der Waals surface area contributed by atoms with Crippen LogP contribution in [0, 0.1) is 11.3 Å². The third-order valence-corrected chi connectivity index (χ3v) is 5.10. The monoisotopic (exact) mass is 397 g/mol. The number of fused-ring (bicyclic) bond motifs is 1. The maximum Gasteiger partial charge on any atom is 0.252 e.